The highest BCUT2D eigenvalue weighted by atomic mass is 35.5. The van der Waals surface area contributed by atoms with Crippen LogP contribution in [0.1, 0.15) is 5.56 Å². The van der Waals surface area contributed by atoms with E-state index in [1.807, 2.05) is 24.5 Å². The maximum absolute atomic E-state index is 6.29. The molecule has 0 amide bonds. The molecule has 0 bridgehead atoms. The number of hydrogen-bond donors (Lipinski definition) is 1. The first-order valence-corrected chi connectivity index (χ1v) is 9.80. The minimum Gasteiger partial charge on any atom is -0.353 e. The van der Waals surface area contributed by atoms with Gasteiger partial charge < -0.3 is 4.90 Å². The Hall–Kier alpha value is -1.83. The van der Waals surface area contributed by atoms with Crippen molar-refractivity contribution in [3.63, 3.8) is 0 Å². The maximum atomic E-state index is 6.29. The number of benzene rings is 1. The molecule has 1 fully saturated rings. The van der Waals surface area contributed by atoms with Crippen LogP contribution < -0.4 is 4.90 Å². The summed E-state index contributed by atoms with van der Waals surface area (Å²) in [5, 5.41) is 10.1. The van der Waals surface area contributed by atoms with Crippen molar-refractivity contribution in [2.24, 2.45) is 0 Å². The first kappa shape index (κ1) is 16.6. The predicted octanol–water partition coefficient (Wildman–Crippen LogP) is 3.05. The second-order valence-corrected chi connectivity index (χ2v) is 7.21. The van der Waals surface area contributed by atoms with Crippen LogP contribution in [0.4, 0.5) is 5.82 Å². The van der Waals surface area contributed by atoms with Crippen molar-refractivity contribution in [2.45, 2.75) is 11.6 Å². The van der Waals surface area contributed by atoms with E-state index in [9.17, 15) is 0 Å². The van der Waals surface area contributed by atoms with E-state index in [0.29, 0.717) is 0 Å². The Morgan fingerprint density at radius 3 is 2.72 bits per heavy atom. The molecule has 0 saturated carbocycles. The Kier molecular flexibility index (Phi) is 4.78. The lowest BCUT2D eigenvalue weighted by Crippen LogP contribution is -2.46. The van der Waals surface area contributed by atoms with Crippen molar-refractivity contribution >= 4 is 40.2 Å². The first-order valence-electron chi connectivity index (χ1n) is 8.20. The molecule has 2 aromatic heterocycles. The highest BCUT2D eigenvalue weighted by molar-refractivity contribution is 7.98. The second-order valence-electron chi connectivity index (χ2n) is 6.01. The van der Waals surface area contributed by atoms with Gasteiger partial charge in [0.1, 0.15) is 17.2 Å². The molecule has 25 heavy (non-hydrogen) atoms. The van der Waals surface area contributed by atoms with E-state index in [-0.39, 0.29) is 0 Å². The SMILES string of the molecule is CSc1n[nH]c2ncnc(N3CCN(Cc4ccccc4Cl)CC3)c12. The average Bonchev–Trinajstić information content (AvgIpc) is 3.08. The number of aromatic amines is 1. The zero-order valence-electron chi connectivity index (χ0n) is 13.9. The van der Waals surface area contributed by atoms with Crippen molar-refractivity contribution in [1.82, 2.24) is 25.1 Å². The molecular formula is C17H19ClN6S. The van der Waals surface area contributed by atoms with Gasteiger partial charge >= 0.3 is 0 Å². The largest absolute Gasteiger partial charge is 0.353 e. The summed E-state index contributed by atoms with van der Waals surface area (Å²) in [5.41, 5.74) is 1.98. The van der Waals surface area contributed by atoms with Crippen LogP contribution in [-0.2, 0) is 6.54 Å². The van der Waals surface area contributed by atoms with Gasteiger partial charge in [0, 0.05) is 37.7 Å². The monoisotopic (exact) mass is 374 g/mol. The zero-order chi connectivity index (χ0) is 17.2. The molecule has 130 valence electrons. The Bertz CT molecular complexity index is 874. The van der Waals surface area contributed by atoms with Crippen LogP contribution in [0.3, 0.4) is 0 Å². The van der Waals surface area contributed by atoms with Gasteiger partial charge in [0.25, 0.3) is 0 Å². The summed E-state index contributed by atoms with van der Waals surface area (Å²) >= 11 is 7.90. The lowest BCUT2D eigenvalue weighted by atomic mass is 10.2. The second kappa shape index (κ2) is 7.19. The summed E-state index contributed by atoms with van der Waals surface area (Å²) in [5.74, 6) is 0.973. The van der Waals surface area contributed by atoms with Crippen LogP contribution in [0.25, 0.3) is 11.0 Å². The molecule has 1 N–H and O–H groups in total. The third-order valence-corrected chi connectivity index (χ3v) is 5.57. The van der Waals surface area contributed by atoms with E-state index < -0.39 is 0 Å². The van der Waals surface area contributed by atoms with Crippen LogP contribution in [0, 0.1) is 0 Å². The van der Waals surface area contributed by atoms with E-state index in [2.05, 4.69) is 36.0 Å². The molecule has 0 unspecified atom stereocenters. The number of thioether (sulfide) groups is 1. The van der Waals surface area contributed by atoms with Crippen LogP contribution >= 0.6 is 23.4 Å². The highest BCUT2D eigenvalue weighted by Gasteiger charge is 2.22. The highest BCUT2D eigenvalue weighted by Crippen LogP contribution is 2.30. The first-order chi connectivity index (χ1) is 12.3. The summed E-state index contributed by atoms with van der Waals surface area (Å²) in [6, 6.07) is 8.06. The molecule has 0 atom stereocenters. The van der Waals surface area contributed by atoms with Crippen molar-refractivity contribution in [2.75, 3.05) is 37.3 Å². The van der Waals surface area contributed by atoms with Crippen LogP contribution in [0.15, 0.2) is 35.6 Å². The normalized spacial score (nSPS) is 15.8. The number of piperazine rings is 1. The number of rotatable bonds is 4. The number of fused-ring (bicyclic) bond motifs is 1. The molecule has 1 saturated heterocycles. The average molecular weight is 375 g/mol. The van der Waals surface area contributed by atoms with Crippen LogP contribution in [-0.4, -0.2) is 57.5 Å². The van der Waals surface area contributed by atoms with Crippen LogP contribution in [0.5, 0.6) is 0 Å². The summed E-state index contributed by atoms with van der Waals surface area (Å²) < 4.78 is 0. The molecule has 4 rings (SSSR count). The summed E-state index contributed by atoms with van der Waals surface area (Å²) in [6.45, 7) is 4.69. The van der Waals surface area contributed by atoms with Gasteiger partial charge in [-0.3, -0.25) is 10.00 Å². The molecule has 6 nitrogen and oxygen atoms in total. The Morgan fingerprint density at radius 2 is 1.96 bits per heavy atom. The van der Waals surface area contributed by atoms with E-state index in [1.165, 1.54) is 5.56 Å². The Morgan fingerprint density at radius 1 is 1.16 bits per heavy atom. The van der Waals surface area contributed by atoms with Crippen molar-refractivity contribution in [3.8, 4) is 0 Å². The van der Waals surface area contributed by atoms with Gasteiger partial charge in [0.05, 0.1) is 5.39 Å². The smallest absolute Gasteiger partial charge is 0.161 e. The maximum Gasteiger partial charge on any atom is 0.161 e. The zero-order valence-corrected chi connectivity index (χ0v) is 15.5. The fraction of sp³-hybridized carbons (Fsp3) is 0.353. The van der Waals surface area contributed by atoms with E-state index in [1.54, 1.807) is 18.1 Å². The van der Waals surface area contributed by atoms with Gasteiger partial charge in [0.2, 0.25) is 0 Å². The van der Waals surface area contributed by atoms with Gasteiger partial charge in [0.15, 0.2) is 5.65 Å². The molecule has 1 aromatic carbocycles. The number of halogens is 1. The number of nitrogens with one attached hydrogen (secondary N) is 1. The molecule has 3 heterocycles. The number of aromatic nitrogens is 4. The predicted molar refractivity (Wildman–Crippen MR) is 102 cm³/mol. The van der Waals surface area contributed by atoms with Crippen LogP contribution in [0.2, 0.25) is 5.02 Å². The van der Waals surface area contributed by atoms with E-state index in [4.69, 9.17) is 11.6 Å². The van der Waals surface area contributed by atoms with Crippen molar-refractivity contribution < 1.29 is 0 Å². The fourth-order valence-electron chi connectivity index (χ4n) is 3.19. The Labute approximate surface area is 155 Å². The summed E-state index contributed by atoms with van der Waals surface area (Å²) in [4.78, 5) is 13.6. The molecular weight excluding hydrogens is 356 g/mol. The minimum absolute atomic E-state index is 0.799. The molecule has 3 aromatic rings. The molecule has 0 aliphatic carbocycles. The number of H-pyrrole nitrogens is 1. The number of hydrogen-bond acceptors (Lipinski definition) is 6. The van der Waals surface area contributed by atoms with Gasteiger partial charge in [-0.05, 0) is 17.9 Å². The quantitative estimate of drug-likeness (QED) is 0.708. The molecule has 8 heteroatoms. The molecule has 1 aliphatic heterocycles. The van der Waals surface area contributed by atoms with Crippen molar-refractivity contribution in [1.29, 1.82) is 0 Å². The lowest BCUT2D eigenvalue weighted by Gasteiger charge is -2.35. The minimum atomic E-state index is 0.799. The lowest BCUT2D eigenvalue weighted by molar-refractivity contribution is 0.249. The number of nitrogens with zero attached hydrogens (tertiary/aromatic N) is 5. The van der Waals surface area contributed by atoms with E-state index in [0.717, 1.165) is 59.6 Å². The third-order valence-electron chi connectivity index (χ3n) is 4.52. The standard InChI is InChI=1S/C17H19ClN6S/c1-25-17-14-15(21-22-17)19-11-20-16(14)24-8-6-23(7-9-24)10-12-4-2-3-5-13(12)18/h2-5,11H,6-10H2,1H3,(H,19,20,21,22). The van der Waals surface area contributed by atoms with E-state index >= 15 is 0 Å². The summed E-state index contributed by atoms with van der Waals surface area (Å²) in [7, 11) is 0. The van der Waals surface area contributed by atoms with Crippen molar-refractivity contribution in [3.05, 3.63) is 41.2 Å². The third kappa shape index (κ3) is 3.31. The van der Waals surface area contributed by atoms with Gasteiger partial charge in [-0.1, -0.05) is 29.8 Å². The Balaban J connectivity index is 1.49. The number of anilines is 1. The van der Waals surface area contributed by atoms with Gasteiger partial charge in [-0.2, -0.15) is 5.10 Å². The fourth-order valence-corrected chi connectivity index (χ4v) is 3.91. The van der Waals surface area contributed by atoms with Gasteiger partial charge in [-0.25, -0.2) is 9.97 Å². The molecule has 0 spiro atoms. The molecule has 1 aliphatic rings. The van der Waals surface area contributed by atoms with Gasteiger partial charge in [-0.15, -0.1) is 11.8 Å². The molecule has 0 radical (unpaired) electrons. The topological polar surface area (TPSA) is 60.9 Å². The summed E-state index contributed by atoms with van der Waals surface area (Å²) in [6.07, 6.45) is 3.63.